The van der Waals surface area contributed by atoms with Crippen LogP contribution in [0.3, 0.4) is 0 Å². The quantitative estimate of drug-likeness (QED) is 0.749. The fourth-order valence-corrected chi connectivity index (χ4v) is 4.72. The number of likely N-dealkylation sites (tertiary alicyclic amines) is 1. The lowest BCUT2D eigenvalue weighted by Crippen LogP contribution is -2.50. The molecule has 0 aliphatic carbocycles. The molecule has 144 valence electrons. The number of hydrogen-bond donors (Lipinski definition) is 0. The van der Waals surface area contributed by atoms with Crippen LogP contribution in [0.4, 0.5) is 8.78 Å². The second kappa shape index (κ2) is 6.64. The molecule has 2 aliphatic heterocycles. The predicted molar refractivity (Wildman–Crippen MR) is 88.8 cm³/mol. The van der Waals surface area contributed by atoms with E-state index in [1.165, 1.54) is 4.31 Å². The minimum absolute atomic E-state index is 0.0944. The molecule has 0 radical (unpaired) electrons. The molecule has 27 heavy (non-hydrogen) atoms. The van der Waals surface area contributed by atoms with Crippen LogP contribution in [0.5, 0.6) is 0 Å². The van der Waals surface area contributed by atoms with Gasteiger partial charge in [-0.2, -0.15) is 4.31 Å². The summed E-state index contributed by atoms with van der Waals surface area (Å²) in [5.74, 6) is -2.20. The molecule has 11 heteroatoms. The van der Waals surface area contributed by atoms with E-state index in [1.807, 2.05) is 0 Å². The standard InChI is InChI=1S/C16H17F2N5O3S/c17-14-4-3-13(6-15(14)18)27(25,26)22-9-12(10-22)23-8-11(19-20-23)7-21-5-1-2-16(21)24/h3-4,6,8,12H,1-2,5,7,9-10H2. The maximum atomic E-state index is 13.3. The zero-order chi connectivity index (χ0) is 19.2. The van der Waals surface area contributed by atoms with Crippen LogP contribution in [0.25, 0.3) is 0 Å². The summed E-state index contributed by atoms with van der Waals surface area (Å²) in [5, 5.41) is 8.06. The molecule has 0 atom stereocenters. The summed E-state index contributed by atoms with van der Waals surface area (Å²) in [4.78, 5) is 13.1. The van der Waals surface area contributed by atoms with Crippen LogP contribution < -0.4 is 0 Å². The summed E-state index contributed by atoms with van der Waals surface area (Å²) in [6, 6.07) is 2.32. The van der Waals surface area contributed by atoms with Crippen LogP contribution >= 0.6 is 0 Å². The van der Waals surface area contributed by atoms with Crippen molar-refractivity contribution in [2.45, 2.75) is 30.3 Å². The third-order valence-corrected chi connectivity index (χ3v) is 6.64. The van der Waals surface area contributed by atoms with Gasteiger partial charge in [-0.05, 0) is 24.6 Å². The Morgan fingerprint density at radius 2 is 1.96 bits per heavy atom. The number of rotatable bonds is 5. The van der Waals surface area contributed by atoms with Gasteiger partial charge in [-0.15, -0.1) is 5.10 Å². The summed E-state index contributed by atoms with van der Waals surface area (Å²) in [5.41, 5.74) is 0.646. The van der Waals surface area contributed by atoms with Crippen molar-refractivity contribution in [3.63, 3.8) is 0 Å². The van der Waals surface area contributed by atoms with E-state index in [0.717, 1.165) is 18.6 Å². The van der Waals surface area contributed by atoms with Crippen molar-refractivity contribution in [2.24, 2.45) is 0 Å². The van der Waals surface area contributed by atoms with Gasteiger partial charge in [0.15, 0.2) is 11.6 Å². The Morgan fingerprint density at radius 3 is 2.63 bits per heavy atom. The fraction of sp³-hybridized carbons (Fsp3) is 0.438. The van der Waals surface area contributed by atoms with Crippen LogP contribution in [0.2, 0.25) is 0 Å². The number of carbonyl (C=O) groups is 1. The predicted octanol–water partition coefficient (Wildman–Crippen LogP) is 0.924. The minimum Gasteiger partial charge on any atom is -0.337 e. The van der Waals surface area contributed by atoms with Crippen molar-refractivity contribution >= 4 is 15.9 Å². The molecular formula is C16H17F2N5O3S. The Labute approximate surface area is 154 Å². The molecule has 2 aliphatic rings. The Kier molecular flexibility index (Phi) is 4.42. The van der Waals surface area contributed by atoms with Crippen molar-refractivity contribution in [1.29, 1.82) is 0 Å². The highest BCUT2D eigenvalue weighted by molar-refractivity contribution is 7.89. The van der Waals surface area contributed by atoms with Crippen molar-refractivity contribution < 1.29 is 22.0 Å². The van der Waals surface area contributed by atoms with E-state index in [-0.39, 0.29) is 29.9 Å². The second-order valence-electron chi connectivity index (χ2n) is 6.66. The van der Waals surface area contributed by atoms with Gasteiger partial charge >= 0.3 is 0 Å². The van der Waals surface area contributed by atoms with Crippen LogP contribution in [0.1, 0.15) is 24.6 Å². The minimum atomic E-state index is -3.89. The van der Waals surface area contributed by atoms with E-state index < -0.39 is 21.7 Å². The van der Waals surface area contributed by atoms with Gasteiger partial charge in [0.1, 0.15) is 5.69 Å². The Hall–Kier alpha value is -2.40. The fourth-order valence-electron chi connectivity index (χ4n) is 3.20. The van der Waals surface area contributed by atoms with Crippen molar-refractivity contribution in [2.75, 3.05) is 19.6 Å². The summed E-state index contributed by atoms with van der Waals surface area (Å²) in [6.45, 7) is 1.41. The molecule has 3 heterocycles. The molecule has 0 saturated carbocycles. The monoisotopic (exact) mass is 397 g/mol. The molecule has 2 fully saturated rings. The van der Waals surface area contributed by atoms with Gasteiger partial charge in [-0.1, -0.05) is 5.21 Å². The van der Waals surface area contributed by atoms with Crippen LogP contribution in [-0.2, 0) is 21.4 Å². The number of nitrogens with zero attached hydrogens (tertiary/aromatic N) is 5. The van der Waals surface area contributed by atoms with Gasteiger partial charge in [-0.3, -0.25) is 4.79 Å². The summed E-state index contributed by atoms with van der Waals surface area (Å²) in [7, 11) is -3.89. The van der Waals surface area contributed by atoms with E-state index in [2.05, 4.69) is 10.3 Å². The number of hydrogen-bond acceptors (Lipinski definition) is 5. The van der Waals surface area contributed by atoms with E-state index in [1.54, 1.807) is 15.8 Å². The summed E-state index contributed by atoms with van der Waals surface area (Å²) >= 11 is 0. The third kappa shape index (κ3) is 3.32. The molecule has 1 amide bonds. The highest BCUT2D eigenvalue weighted by Crippen LogP contribution is 2.28. The van der Waals surface area contributed by atoms with Crippen LogP contribution in [0, 0.1) is 11.6 Å². The highest BCUT2D eigenvalue weighted by Gasteiger charge is 2.38. The SMILES string of the molecule is O=C1CCCN1Cc1cn(C2CN(S(=O)(=O)c3ccc(F)c(F)c3)C2)nn1. The maximum absolute atomic E-state index is 13.3. The number of sulfonamides is 1. The van der Waals surface area contributed by atoms with Crippen molar-refractivity contribution in [3.05, 3.63) is 41.7 Å². The molecule has 0 unspecified atom stereocenters. The lowest BCUT2D eigenvalue weighted by molar-refractivity contribution is -0.128. The normalized spacial score (nSPS) is 18.9. The smallest absolute Gasteiger partial charge is 0.243 e. The number of amides is 1. The van der Waals surface area contributed by atoms with Crippen LogP contribution in [-0.4, -0.2) is 58.2 Å². The number of carbonyl (C=O) groups excluding carboxylic acids is 1. The number of halogens is 2. The second-order valence-corrected chi connectivity index (χ2v) is 8.60. The molecule has 0 bridgehead atoms. The molecule has 1 aromatic carbocycles. The Balaban J connectivity index is 1.40. The topological polar surface area (TPSA) is 88.4 Å². The third-order valence-electron chi connectivity index (χ3n) is 4.81. The van der Waals surface area contributed by atoms with Gasteiger partial charge in [0.2, 0.25) is 15.9 Å². The number of aromatic nitrogens is 3. The first kappa shape index (κ1) is 18.0. The van der Waals surface area contributed by atoms with E-state index in [4.69, 9.17) is 0 Å². The average Bonchev–Trinajstić information content (AvgIpc) is 3.18. The Bertz CT molecular complexity index is 988. The Morgan fingerprint density at radius 1 is 1.19 bits per heavy atom. The molecule has 0 spiro atoms. The first-order chi connectivity index (χ1) is 12.8. The van der Waals surface area contributed by atoms with Gasteiger partial charge in [0, 0.05) is 26.1 Å². The largest absolute Gasteiger partial charge is 0.337 e. The van der Waals surface area contributed by atoms with E-state index >= 15 is 0 Å². The number of benzene rings is 1. The molecular weight excluding hydrogens is 380 g/mol. The van der Waals surface area contributed by atoms with Gasteiger partial charge in [0.05, 0.1) is 23.7 Å². The highest BCUT2D eigenvalue weighted by atomic mass is 32.2. The first-order valence-corrected chi connectivity index (χ1v) is 9.92. The summed E-state index contributed by atoms with van der Waals surface area (Å²) < 4.78 is 54.0. The first-order valence-electron chi connectivity index (χ1n) is 8.48. The van der Waals surface area contributed by atoms with Crippen LogP contribution in [0.15, 0.2) is 29.3 Å². The summed E-state index contributed by atoms with van der Waals surface area (Å²) in [6.07, 6.45) is 3.09. The lowest BCUT2D eigenvalue weighted by atomic mass is 10.2. The molecule has 1 aromatic heterocycles. The van der Waals surface area contributed by atoms with Crippen molar-refractivity contribution in [1.82, 2.24) is 24.2 Å². The van der Waals surface area contributed by atoms with Crippen molar-refractivity contribution in [3.8, 4) is 0 Å². The molecule has 4 rings (SSSR count). The van der Waals surface area contributed by atoms with Gasteiger partial charge in [-0.25, -0.2) is 21.9 Å². The van der Waals surface area contributed by atoms with E-state index in [0.29, 0.717) is 31.3 Å². The zero-order valence-corrected chi connectivity index (χ0v) is 15.1. The zero-order valence-electron chi connectivity index (χ0n) is 14.3. The average molecular weight is 397 g/mol. The van der Waals surface area contributed by atoms with E-state index in [9.17, 15) is 22.0 Å². The lowest BCUT2D eigenvalue weighted by Gasteiger charge is -2.37. The van der Waals surface area contributed by atoms with Gasteiger partial charge < -0.3 is 4.90 Å². The molecule has 2 aromatic rings. The van der Waals surface area contributed by atoms with Gasteiger partial charge in [0.25, 0.3) is 0 Å². The molecule has 8 nitrogen and oxygen atoms in total. The molecule has 0 N–H and O–H groups in total. The maximum Gasteiger partial charge on any atom is 0.243 e. The molecule has 2 saturated heterocycles.